The SMILES string of the molecule is O.O=C(O)c1ccc(-c2ccc(Cl)cc2)nc1. The van der Waals surface area contributed by atoms with E-state index >= 15 is 0 Å². The maximum absolute atomic E-state index is 10.6. The Morgan fingerprint density at radius 3 is 2.24 bits per heavy atom. The molecule has 0 aliphatic heterocycles. The van der Waals surface area contributed by atoms with E-state index in [1.807, 2.05) is 12.1 Å². The molecule has 0 aliphatic carbocycles. The maximum Gasteiger partial charge on any atom is 0.337 e. The first-order valence-corrected chi connectivity index (χ1v) is 5.00. The maximum atomic E-state index is 10.6. The smallest absolute Gasteiger partial charge is 0.337 e. The van der Waals surface area contributed by atoms with Crippen LogP contribution < -0.4 is 0 Å². The van der Waals surface area contributed by atoms with Gasteiger partial charge in [0.25, 0.3) is 0 Å². The average Bonchev–Trinajstić information content (AvgIpc) is 2.30. The zero-order valence-corrected chi connectivity index (χ0v) is 9.48. The molecule has 17 heavy (non-hydrogen) atoms. The molecule has 1 aromatic heterocycles. The van der Waals surface area contributed by atoms with Gasteiger partial charge in [0.15, 0.2) is 0 Å². The number of pyridine rings is 1. The standard InChI is InChI=1S/C12H8ClNO2.H2O/c13-10-4-1-8(2-5-10)11-6-3-9(7-14-11)12(15)16;/h1-7H,(H,15,16);1H2. The average molecular weight is 252 g/mol. The van der Waals surface area contributed by atoms with Crippen LogP contribution in [0.1, 0.15) is 10.4 Å². The van der Waals surface area contributed by atoms with Crippen molar-refractivity contribution in [1.82, 2.24) is 4.98 Å². The second-order valence-electron chi connectivity index (χ2n) is 3.24. The van der Waals surface area contributed by atoms with E-state index in [9.17, 15) is 4.79 Å². The van der Waals surface area contributed by atoms with E-state index in [1.54, 1.807) is 18.2 Å². The molecule has 0 aliphatic rings. The third-order valence-electron chi connectivity index (χ3n) is 2.15. The lowest BCUT2D eigenvalue weighted by Gasteiger charge is -2.01. The van der Waals surface area contributed by atoms with E-state index in [4.69, 9.17) is 16.7 Å². The van der Waals surface area contributed by atoms with Gasteiger partial charge in [-0.2, -0.15) is 0 Å². The summed E-state index contributed by atoms with van der Waals surface area (Å²) in [6.45, 7) is 0. The minimum Gasteiger partial charge on any atom is -0.478 e. The number of carboxylic acids is 1. The van der Waals surface area contributed by atoms with Gasteiger partial charge in [0.2, 0.25) is 0 Å². The van der Waals surface area contributed by atoms with Gasteiger partial charge in [0, 0.05) is 16.8 Å². The van der Waals surface area contributed by atoms with E-state index in [0.29, 0.717) is 5.02 Å². The molecule has 0 radical (unpaired) electrons. The van der Waals surface area contributed by atoms with Crippen LogP contribution in [0.4, 0.5) is 0 Å². The highest BCUT2D eigenvalue weighted by Gasteiger charge is 2.04. The molecule has 1 heterocycles. The summed E-state index contributed by atoms with van der Waals surface area (Å²) >= 11 is 5.77. The number of halogens is 1. The zero-order chi connectivity index (χ0) is 11.5. The molecular weight excluding hydrogens is 242 g/mol. The molecule has 0 saturated carbocycles. The predicted molar refractivity (Wildman–Crippen MR) is 65.3 cm³/mol. The van der Waals surface area contributed by atoms with Crippen LogP contribution in [0.25, 0.3) is 11.3 Å². The van der Waals surface area contributed by atoms with E-state index in [-0.39, 0.29) is 11.0 Å². The molecule has 2 rings (SSSR count). The van der Waals surface area contributed by atoms with Crippen molar-refractivity contribution in [3.8, 4) is 11.3 Å². The number of hydrogen-bond donors (Lipinski definition) is 1. The topological polar surface area (TPSA) is 81.7 Å². The van der Waals surface area contributed by atoms with Gasteiger partial charge < -0.3 is 10.6 Å². The van der Waals surface area contributed by atoms with Gasteiger partial charge in [0.1, 0.15) is 0 Å². The van der Waals surface area contributed by atoms with Crippen molar-refractivity contribution in [2.45, 2.75) is 0 Å². The number of rotatable bonds is 2. The van der Waals surface area contributed by atoms with Crippen LogP contribution in [-0.4, -0.2) is 21.5 Å². The van der Waals surface area contributed by atoms with E-state index in [2.05, 4.69) is 4.98 Å². The normalized spacial score (nSPS) is 9.47. The lowest BCUT2D eigenvalue weighted by molar-refractivity contribution is 0.0696. The van der Waals surface area contributed by atoms with Gasteiger partial charge in [0.05, 0.1) is 11.3 Å². The first kappa shape index (κ1) is 13.2. The highest BCUT2D eigenvalue weighted by molar-refractivity contribution is 6.30. The quantitative estimate of drug-likeness (QED) is 0.889. The number of hydrogen-bond acceptors (Lipinski definition) is 2. The second-order valence-corrected chi connectivity index (χ2v) is 3.68. The van der Waals surface area contributed by atoms with Crippen LogP contribution in [0.15, 0.2) is 42.6 Å². The summed E-state index contributed by atoms with van der Waals surface area (Å²) in [4.78, 5) is 14.7. The fraction of sp³-hybridized carbons (Fsp3) is 0. The first-order chi connectivity index (χ1) is 7.66. The zero-order valence-electron chi connectivity index (χ0n) is 8.72. The number of nitrogens with zero attached hydrogens (tertiary/aromatic N) is 1. The first-order valence-electron chi connectivity index (χ1n) is 4.62. The van der Waals surface area contributed by atoms with Gasteiger partial charge in [-0.25, -0.2) is 4.79 Å². The molecule has 1 aromatic carbocycles. The van der Waals surface area contributed by atoms with Crippen LogP contribution in [0, 0.1) is 0 Å². The lowest BCUT2D eigenvalue weighted by Crippen LogP contribution is -1.96. The highest BCUT2D eigenvalue weighted by atomic mass is 35.5. The number of aromatic nitrogens is 1. The van der Waals surface area contributed by atoms with E-state index in [1.165, 1.54) is 12.3 Å². The molecule has 2 aromatic rings. The van der Waals surface area contributed by atoms with Crippen molar-refractivity contribution < 1.29 is 15.4 Å². The molecule has 88 valence electrons. The van der Waals surface area contributed by atoms with Crippen LogP contribution >= 0.6 is 11.6 Å². The van der Waals surface area contributed by atoms with Gasteiger partial charge >= 0.3 is 5.97 Å². The summed E-state index contributed by atoms with van der Waals surface area (Å²) in [5.41, 5.74) is 1.81. The summed E-state index contributed by atoms with van der Waals surface area (Å²) in [5.74, 6) is -0.977. The fourth-order valence-electron chi connectivity index (χ4n) is 1.31. The van der Waals surface area contributed by atoms with Gasteiger partial charge in [-0.15, -0.1) is 0 Å². The molecule has 0 amide bonds. The number of benzene rings is 1. The van der Waals surface area contributed by atoms with E-state index in [0.717, 1.165) is 11.3 Å². The van der Waals surface area contributed by atoms with Gasteiger partial charge in [-0.05, 0) is 24.3 Å². The summed E-state index contributed by atoms with van der Waals surface area (Å²) in [6.07, 6.45) is 1.34. The predicted octanol–water partition coefficient (Wildman–Crippen LogP) is 2.28. The summed E-state index contributed by atoms with van der Waals surface area (Å²) in [7, 11) is 0. The highest BCUT2D eigenvalue weighted by Crippen LogP contribution is 2.19. The summed E-state index contributed by atoms with van der Waals surface area (Å²) in [5, 5.41) is 9.38. The van der Waals surface area contributed by atoms with Crippen molar-refractivity contribution in [2.75, 3.05) is 0 Å². The summed E-state index contributed by atoms with van der Waals surface area (Å²) in [6, 6.07) is 10.4. The molecule has 0 bridgehead atoms. The number of aromatic carboxylic acids is 1. The molecule has 5 heteroatoms. The van der Waals surface area contributed by atoms with Crippen LogP contribution in [0.3, 0.4) is 0 Å². The van der Waals surface area contributed by atoms with Crippen LogP contribution in [0.2, 0.25) is 5.02 Å². The molecule has 0 unspecified atom stereocenters. The lowest BCUT2D eigenvalue weighted by atomic mass is 10.1. The fourth-order valence-corrected chi connectivity index (χ4v) is 1.44. The van der Waals surface area contributed by atoms with E-state index < -0.39 is 5.97 Å². The Kier molecular flexibility index (Phi) is 4.20. The third-order valence-corrected chi connectivity index (χ3v) is 2.40. The molecule has 3 N–H and O–H groups in total. The van der Waals surface area contributed by atoms with Gasteiger partial charge in [-0.1, -0.05) is 23.7 Å². The van der Waals surface area contributed by atoms with Crippen molar-refractivity contribution in [1.29, 1.82) is 0 Å². The Bertz CT molecular complexity index is 508. The monoisotopic (exact) mass is 251 g/mol. The van der Waals surface area contributed by atoms with Gasteiger partial charge in [-0.3, -0.25) is 4.98 Å². The molecule has 0 spiro atoms. The Hall–Kier alpha value is -1.91. The molecule has 4 nitrogen and oxygen atoms in total. The second kappa shape index (κ2) is 5.43. The molecular formula is C12H10ClNO3. The van der Waals surface area contributed by atoms with Crippen molar-refractivity contribution >= 4 is 17.6 Å². The Morgan fingerprint density at radius 1 is 1.12 bits per heavy atom. The number of carbonyl (C=O) groups is 1. The minimum absolute atomic E-state index is 0. The third kappa shape index (κ3) is 3.03. The molecule has 0 atom stereocenters. The van der Waals surface area contributed by atoms with Crippen LogP contribution in [0.5, 0.6) is 0 Å². The van der Waals surface area contributed by atoms with Crippen molar-refractivity contribution in [2.24, 2.45) is 0 Å². The Labute approximate surface area is 103 Å². The number of carboxylic acid groups (broad SMARTS) is 1. The largest absolute Gasteiger partial charge is 0.478 e. The van der Waals surface area contributed by atoms with Crippen LogP contribution in [-0.2, 0) is 0 Å². The van der Waals surface area contributed by atoms with Crippen molar-refractivity contribution in [3.05, 3.63) is 53.2 Å². The summed E-state index contributed by atoms with van der Waals surface area (Å²) < 4.78 is 0. The van der Waals surface area contributed by atoms with Crippen molar-refractivity contribution in [3.63, 3.8) is 0 Å². The Morgan fingerprint density at radius 2 is 1.76 bits per heavy atom. The minimum atomic E-state index is -0.977. The molecule has 0 saturated heterocycles. The Balaban J connectivity index is 0.00000144. The molecule has 0 fully saturated rings.